The summed E-state index contributed by atoms with van der Waals surface area (Å²) in [6, 6.07) is 14.1. The second-order valence-corrected chi connectivity index (χ2v) is 5.14. The molecule has 3 nitrogen and oxygen atoms in total. The van der Waals surface area contributed by atoms with Gasteiger partial charge in [0, 0.05) is 5.69 Å². The molecule has 1 heterocycles. The van der Waals surface area contributed by atoms with E-state index >= 15 is 0 Å². The van der Waals surface area contributed by atoms with E-state index in [1.54, 1.807) is 0 Å². The monoisotopic (exact) mass is 269 g/mol. The van der Waals surface area contributed by atoms with Crippen molar-refractivity contribution in [2.24, 2.45) is 0 Å². The number of fused-ring (bicyclic) bond motifs is 1. The van der Waals surface area contributed by atoms with E-state index in [2.05, 4.69) is 18.2 Å². The van der Waals surface area contributed by atoms with Crippen molar-refractivity contribution in [1.82, 2.24) is 0 Å². The molecular formula is C17H19NO2. The number of hydrogen-bond acceptors (Lipinski definition) is 3. The molecule has 0 spiro atoms. The summed E-state index contributed by atoms with van der Waals surface area (Å²) in [6.45, 7) is 3.26. The van der Waals surface area contributed by atoms with Gasteiger partial charge < -0.3 is 15.2 Å². The molecule has 20 heavy (non-hydrogen) atoms. The smallest absolute Gasteiger partial charge is 0.119 e. The minimum atomic E-state index is 0.0119. The van der Waals surface area contributed by atoms with Crippen molar-refractivity contribution < 1.29 is 9.47 Å². The fourth-order valence-corrected chi connectivity index (χ4v) is 2.52. The van der Waals surface area contributed by atoms with Crippen molar-refractivity contribution in [2.75, 3.05) is 18.9 Å². The van der Waals surface area contributed by atoms with Crippen molar-refractivity contribution in [3.05, 3.63) is 59.2 Å². The molecule has 3 heteroatoms. The molecule has 0 radical (unpaired) electrons. The molecule has 1 aliphatic rings. The van der Waals surface area contributed by atoms with Gasteiger partial charge in [-0.3, -0.25) is 0 Å². The van der Waals surface area contributed by atoms with Gasteiger partial charge in [0.15, 0.2) is 0 Å². The largest absolute Gasteiger partial charge is 0.491 e. The van der Waals surface area contributed by atoms with Crippen LogP contribution in [0.4, 0.5) is 5.69 Å². The van der Waals surface area contributed by atoms with Gasteiger partial charge in [0.1, 0.15) is 18.5 Å². The summed E-state index contributed by atoms with van der Waals surface area (Å²) in [5, 5.41) is 0. The highest BCUT2D eigenvalue weighted by atomic mass is 16.5. The van der Waals surface area contributed by atoms with Crippen LogP contribution in [0.2, 0.25) is 0 Å². The molecule has 0 saturated carbocycles. The number of nitrogen functional groups attached to an aromatic ring is 1. The van der Waals surface area contributed by atoms with E-state index in [1.165, 1.54) is 11.1 Å². The zero-order chi connectivity index (χ0) is 13.9. The molecule has 1 atom stereocenters. The van der Waals surface area contributed by atoms with E-state index in [0.717, 1.165) is 30.0 Å². The Labute approximate surface area is 119 Å². The van der Waals surface area contributed by atoms with Crippen molar-refractivity contribution in [3.63, 3.8) is 0 Å². The van der Waals surface area contributed by atoms with Gasteiger partial charge in [-0.1, -0.05) is 24.3 Å². The van der Waals surface area contributed by atoms with E-state index in [1.807, 2.05) is 31.2 Å². The molecule has 104 valence electrons. The maximum Gasteiger partial charge on any atom is 0.119 e. The summed E-state index contributed by atoms with van der Waals surface area (Å²) < 4.78 is 11.7. The summed E-state index contributed by atoms with van der Waals surface area (Å²) in [4.78, 5) is 0. The summed E-state index contributed by atoms with van der Waals surface area (Å²) in [6.07, 6.45) is 0.992. The molecule has 0 fully saturated rings. The van der Waals surface area contributed by atoms with Crippen LogP contribution in [0.15, 0.2) is 42.5 Å². The molecule has 0 aromatic heterocycles. The Bertz CT molecular complexity index is 610. The number of anilines is 1. The van der Waals surface area contributed by atoms with E-state index in [-0.39, 0.29) is 6.10 Å². The lowest BCUT2D eigenvalue weighted by Gasteiger charge is -2.26. The second-order valence-electron chi connectivity index (χ2n) is 5.14. The molecule has 2 aromatic rings. The molecule has 1 unspecified atom stereocenters. The Morgan fingerprint density at radius 1 is 1.25 bits per heavy atom. The Morgan fingerprint density at radius 2 is 2.10 bits per heavy atom. The lowest BCUT2D eigenvalue weighted by atomic mass is 9.98. The Kier molecular flexibility index (Phi) is 3.61. The second kappa shape index (κ2) is 5.55. The summed E-state index contributed by atoms with van der Waals surface area (Å²) in [5.74, 6) is 0.836. The fraction of sp³-hybridized carbons (Fsp3) is 0.294. The topological polar surface area (TPSA) is 44.5 Å². The average Bonchev–Trinajstić information content (AvgIpc) is 2.48. The van der Waals surface area contributed by atoms with Crippen LogP contribution in [0.5, 0.6) is 5.75 Å². The van der Waals surface area contributed by atoms with Crippen LogP contribution in [0.25, 0.3) is 0 Å². The number of benzene rings is 2. The van der Waals surface area contributed by atoms with Crippen LogP contribution in [-0.4, -0.2) is 13.2 Å². The third kappa shape index (κ3) is 2.63. The van der Waals surface area contributed by atoms with E-state index in [0.29, 0.717) is 6.61 Å². The van der Waals surface area contributed by atoms with Crippen molar-refractivity contribution >= 4 is 5.69 Å². The minimum Gasteiger partial charge on any atom is -0.491 e. The number of ether oxygens (including phenoxy) is 2. The molecule has 2 aromatic carbocycles. The van der Waals surface area contributed by atoms with E-state index in [9.17, 15) is 0 Å². The quantitative estimate of drug-likeness (QED) is 0.870. The van der Waals surface area contributed by atoms with Crippen molar-refractivity contribution in [2.45, 2.75) is 19.4 Å². The minimum absolute atomic E-state index is 0.0119. The van der Waals surface area contributed by atoms with Gasteiger partial charge in [-0.25, -0.2) is 0 Å². The fourth-order valence-electron chi connectivity index (χ4n) is 2.52. The van der Waals surface area contributed by atoms with Crippen LogP contribution in [-0.2, 0) is 11.2 Å². The standard InChI is InChI=1S/C17H19NO2/c1-12-10-14(6-7-16(12)18)20-11-17-15-5-3-2-4-13(15)8-9-19-17/h2-7,10,17H,8-9,11,18H2,1H3. The SMILES string of the molecule is Cc1cc(OCC2OCCc3ccccc32)ccc1N. The van der Waals surface area contributed by atoms with Crippen LogP contribution in [0, 0.1) is 6.92 Å². The van der Waals surface area contributed by atoms with Crippen LogP contribution in [0.1, 0.15) is 22.8 Å². The molecule has 2 N–H and O–H groups in total. The number of nitrogens with two attached hydrogens (primary N) is 1. The number of hydrogen-bond donors (Lipinski definition) is 1. The predicted molar refractivity (Wildman–Crippen MR) is 79.9 cm³/mol. The van der Waals surface area contributed by atoms with E-state index in [4.69, 9.17) is 15.2 Å². The maximum absolute atomic E-state index is 5.86. The van der Waals surface area contributed by atoms with Gasteiger partial charge in [-0.15, -0.1) is 0 Å². The highest BCUT2D eigenvalue weighted by molar-refractivity contribution is 5.49. The Hall–Kier alpha value is -2.00. The number of aryl methyl sites for hydroxylation is 1. The zero-order valence-corrected chi connectivity index (χ0v) is 11.6. The van der Waals surface area contributed by atoms with Gasteiger partial charge in [0.25, 0.3) is 0 Å². The van der Waals surface area contributed by atoms with Crippen molar-refractivity contribution in [3.8, 4) is 5.75 Å². The molecule has 0 bridgehead atoms. The van der Waals surface area contributed by atoms with Gasteiger partial charge in [0.2, 0.25) is 0 Å². The number of rotatable bonds is 3. The first kappa shape index (κ1) is 13.0. The summed E-state index contributed by atoms with van der Waals surface area (Å²) in [5.41, 5.74) is 10.2. The van der Waals surface area contributed by atoms with Gasteiger partial charge in [0.05, 0.1) is 6.61 Å². The molecule has 0 aliphatic carbocycles. The van der Waals surface area contributed by atoms with Gasteiger partial charge >= 0.3 is 0 Å². The lowest BCUT2D eigenvalue weighted by molar-refractivity contribution is 0.0102. The van der Waals surface area contributed by atoms with E-state index < -0.39 is 0 Å². The Morgan fingerprint density at radius 3 is 2.95 bits per heavy atom. The summed E-state index contributed by atoms with van der Waals surface area (Å²) in [7, 11) is 0. The third-order valence-corrected chi connectivity index (χ3v) is 3.74. The Balaban J connectivity index is 1.71. The molecule has 0 amide bonds. The summed E-state index contributed by atoms with van der Waals surface area (Å²) >= 11 is 0. The maximum atomic E-state index is 5.86. The highest BCUT2D eigenvalue weighted by Gasteiger charge is 2.20. The van der Waals surface area contributed by atoms with Crippen LogP contribution >= 0.6 is 0 Å². The third-order valence-electron chi connectivity index (χ3n) is 3.74. The first-order valence-corrected chi connectivity index (χ1v) is 6.92. The zero-order valence-electron chi connectivity index (χ0n) is 11.6. The normalized spacial score (nSPS) is 17.6. The van der Waals surface area contributed by atoms with Crippen LogP contribution in [0.3, 0.4) is 0 Å². The molecule has 1 aliphatic heterocycles. The average molecular weight is 269 g/mol. The van der Waals surface area contributed by atoms with Gasteiger partial charge in [-0.05, 0) is 48.2 Å². The molecule has 3 rings (SSSR count). The van der Waals surface area contributed by atoms with Crippen molar-refractivity contribution in [1.29, 1.82) is 0 Å². The molecule has 0 saturated heterocycles. The predicted octanol–water partition coefficient (Wildman–Crippen LogP) is 3.27. The first-order valence-electron chi connectivity index (χ1n) is 6.92. The van der Waals surface area contributed by atoms with Gasteiger partial charge in [-0.2, -0.15) is 0 Å². The first-order chi connectivity index (χ1) is 9.74. The highest BCUT2D eigenvalue weighted by Crippen LogP contribution is 2.28. The lowest BCUT2D eigenvalue weighted by Crippen LogP contribution is -2.21. The molecular weight excluding hydrogens is 250 g/mol. The van der Waals surface area contributed by atoms with Crippen LogP contribution < -0.4 is 10.5 Å².